The van der Waals surface area contributed by atoms with Gasteiger partial charge in [-0.25, -0.2) is 0 Å². The second-order valence-corrected chi connectivity index (χ2v) is 14.3. The van der Waals surface area contributed by atoms with Gasteiger partial charge in [0, 0.05) is 11.1 Å². The van der Waals surface area contributed by atoms with Gasteiger partial charge in [0.05, 0.1) is 34.6 Å². The summed E-state index contributed by atoms with van der Waals surface area (Å²) in [5.74, 6) is 2.64. The topological polar surface area (TPSA) is 36.9 Å². The van der Waals surface area contributed by atoms with Gasteiger partial charge in [-0.2, -0.15) is 0 Å². The van der Waals surface area contributed by atoms with Crippen LogP contribution in [-0.4, -0.2) is 34.6 Å². The highest BCUT2D eigenvalue weighted by Crippen LogP contribution is 2.56. The van der Waals surface area contributed by atoms with Gasteiger partial charge in [-0.05, 0) is 69.0 Å². The van der Waals surface area contributed by atoms with Crippen molar-refractivity contribution in [2.45, 2.75) is 51.9 Å². The Morgan fingerprint density at radius 2 is 0.833 bits per heavy atom. The molecule has 4 nitrogen and oxygen atoms in total. The van der Waals surface area contributed by atoms with E-state index in [0.717, 1.165) is 29.7 Å². The van der Waals surface area contributed by atoms with E-state index in [2.05, 4.69) is 97.9 Å². The first-order chi connectivity index (χ1) is 20.6. The lowest BCUT2D eigenvalue weighted by Crippen LogP contribution is -2.33. The van der Waals surface area contributed by atoms with Crippen molar-refractivity contribution < 1.29 is 18.9 Å². The zero-order valence-corrected chi connectivity index (χ0v) is 26.8. The van der Waals surface area contributed by atoms with Gasteiger partial charge in [0.2, 0.25) is 11.5 Å². The summed E-state index contributed by atoms with van der Waals surface area (Å²) in [6, 6.07) is 33.6. The smallest absolute Gasteiger partial charge is 0.207 e. The molecule has 0 saturated carbocycles. The van der Waals surface area contributed by atoms with Crippen LogP contribution in [0.1, 0.15) is 49.7 Å². The second kappa shape index (κ2) is 15.7. The van der Waals surface area contributed by atoms with Crippen LogP contribution in [0.2, 0.25) is 0 Å². The summed E-state index contributed by atoms with van der Waals surface area (Å²) in [7, 11) is 4.89. The minimum absolute atomic E-state index is 0.582. The van der Waals surface area contributed by atoms with Crippen molar-refractivity contribution in [1.29, 1.82) is 0 Å². The molecule has 0 atom stereocenters. The van der Waals surface area contributed by atoms with Crippen molar-refractivity contribution in [1.82, 2.24) is 0 Å². The maximum Gasteiger partial charge on any atom is 0.207 e. The summed E-state index contributed by atoms with van der Waals surface area (Å²) in [6.45, 7) is 2.07. The Bertz CT molecular complexity index is 1280. The quantitative estimate of drug-likeness (QED) is 0.0989. The van der Waals surface area contributed by atoms with E-state index in [1.807, 2.05) is 0 Å². The van der Waals surface area contributed by atoms with E-state index in [4.69, 9.17) is 18.9 Å². The zero-order valence-electron chi connectivity index (χ0n) is 25.9. The summed E-state index contributed by atoms with van der Waals surface area (Å²) in [5.41, 5.74) is 2.19. The molecule has 0 radical (unpaired) electrons. The van der Waals surface area contributed by atoms with E-state index >= 15 is 0 Å². The third-order valence-corrected chi connectivity index (χ3v) is 12.8. The van der Waals surface area contributed by atoms with Gasteiger partial charge in [0.1, 0.15) is 23.2 Å². The molecule has 42 heavy (non-hydrogen) atoms. The van der Waals surface area contributed by atoms with E-state index < -0.39 is 7.26 Å². The van der Waals surface area contributed by atoms with Crippen molar-refractivity contribution in [3.8, 4) is 23.0 Å². The first-order valence-corrected chi connectivity index (χ1v) is 17.0. The molecule has 0 bridgehead atoms. The number of rotatable bonds is 16. The number of ether oxygens (including phenoxy) is 4. The molecule has 4 rings (SSSR count). The van der Waals surface area contributed by atoms with Crippen LogP contribution in [0.25, 0.3) is 0 Å². The SMILES string of the molecule is COc1c(C)c(CCCCCCCC[P+](c2ccccc2)(c2ccccc2)c2ccccc2)c(OC)c(OC)c1OC. The minimum Gasteiger partial charge on any atom is -0.492 e. The highest BCUT2D eigenvalue weighted by Gasteiger charge is 2.44. The summed E-state index contributed by atoms with van der Waals surface area (Å²) in [6.07, 6.45) is 9.28. The molecule has 0 amide bonds. The van der Waals surface area contributed by atoms with Crippen LogP contribution < -0.4 is 34.9 Å². The Morgan fingerprint density at radius 3 is 1.26 bits per heavy atom. The van der Waals surface area contributed by atoms with E-state index in [9.17, 15) is 0 Å². The maximum absolute atomic E-state index is 5.78. The Labute approximate surface area is 253 Å². The van der Waals surface area contributed by atoms with E-state index in [1.165, 1.54) is 54.2 Å². The van der Waals surface area contributed by atoms with Gasteiger partial charge in [-0.15, -0.1) is 0 Å². The predicted octanol–water partition coefficient (Wildman–Crippen LogP) is 7.91. The average molecular weight is 586 g/mol. The molecule has 0 spiro atoms. The molecule has 5 heteroatoms. The number of hydrogen-bond acceptors (Lipinski definition) is 4. The molecule has 222 valence electrons. The molecule has 4 aromatic carbocycles. The molecule has 0 aliphatic carbocycles. The fourth-order valence-corrected chi connectivity index (χ4v) is 10.6. The standard InChI is InChI=1S/C37H46O4P/c1-29-33(35(39-3)37(41-5)36(40-4)34(29)38-2)27-19-8-6-7-9-20-28-42(30-21-13-10-14-22-30,31-23-15-11-16-24-31)32-25-17-12-18-26-32/h10-18,21-26H,6-9,19-20,27-28H2,1-5H3/q+1. The highest BCUT2D eigenvalue weighted by molar-refractivity contribution is 7.95. The van der Waals surface area contributed by atoms with Crippen LogP contribution in [0, 0.1) is 6.92 Å². The van der Waals surface area contributed by atoms with E-state index in [-0.39, 0.29) is 0 Å². The highest BCUT2D eigenvalue weighted by atomic mass is 31.2. The van der Waals surface area contributed by atoms with Crippen LogP contribution in [0.5, 0.6) is 23.0 Å². The van der Waals surface area contributed by atoms with Crippen LogP contribution in [0.3, 0.4) is 0 Å². The van der Waals surface area contributed by atoms with Gasteiger partial charge < -0.3 is 18.9 Å². The third-order valence-electron chi connectivity index (χ3n) is 8.26. The molecule has 0 aromatic heterocycles. The molecule has 0 heterocycles. The van der Waals surface area contributed by atoms with Gasteiger partial charge in [0.15, 0.2) is 11.5 Å². The average Bonchev–Trinajstić information content (AvgIpc) is 3.05. The normalized spacial score (nSPS) is 11.3. The Morgan fingerprint density at radius 1 is 0.452 bits per heavy atom. The van der Waals surface area contributed by atoms with Gasteiger partial charge in [-0.1, -0.05) is 73.9 Å². The van der Waals surface area contributed by atoms with Crippen LogP contribution >= 0.6 is 7.26 Å². The van der Waals surface area contributed by atoms with Crippen molar-refractivity contribution >= 4 is 23.2 Å². The molecule has 0 N–H and O–H groups in total. The number of methoxy groups -OCH3 is 4. The third kappa shape index (κ3) is 6.76. The lowest BCUT2D eigenvalue weighted by molar-refractivity contribution is 0.302. The summed E-state index contributed by atoms with van der Waals surface area (Å²) in [5, 5.41) is 4.41. The molecule has 0 fully saturated rings. The second-order valence-electron chi connectivity index (χ2n) is 10.6. The number of hydrogen-bond donors (Lipinski definition) is 0. The van der Waals surface area contributed by atoms with Crippen molar-refractivity contribution in [3.63, 3.8) is 0 Å². The molecule has 0 aliphatic heterocycles. The lowest BCUT2D eigenvalue weighted by Gasteiger charge is -2.27. The van der Waals surface area contributed by atoms with Gasteiger partial charge in [0.25, 0.3) is 0 Å². The molecule has 4 aromatic rings. The Balaban J connectivity index is 1.40. The summed E-state index contributed by atoms with van der Waals surface area (Å²) >= 11 is 0. The molecule has 0 aliphatic rings. The van der Waals surface area contributed by atoms with Crippen molar-refractivity contribution in [3.05, 3.63) is 102 Å². The summed E-state index contributed by atoms with van der Waals surface area (Å²) < 4.78 is 22.7. The number of unbranched alkanes of at least 4 members (excludes halogenated alkanes) is 5. The van der Waals surface area contributed by atoms with Crippen molar-refractivity contribution in [2.75, 3.05) is 34.6 Å². The van der Waals surface area contributed by atoms with Gasteiger partial charge >= 0.3 is 0 Å². The van der Waals surface area contributed by atoms with E-state index in [1.54, 1.807) is 28.4 Å². The number of benzene rings is 4. The molecule has 0 unspecified atom stereocenters. The van der Waals surface area contributed by atoms with Crippen LogP contribution in [-0.2, 0) is 6.42 Å². The lowest BCUT2D eigenvalue weighted by atomic mass is 9.98. The molecular formula is C37H46O4P+. The molecule has 0 saturated heterocycles. The Hall–Kier alpha value is -3.49. The first kappa shape index (κ1) is 31.4. The van der Waals surface area contributed by atoms with Crippen LogP contribution in [0.4, 0.5) is 0 Å². The maximum atomic E-state index is 5.78. The Kier molecular flexibility index (Phi) is 11.7. The molecular weight excluding hydrogens is 539 g/mol. The van der Waals surface area contributed by atoms with Crippen molar-refractivity contribution in [2.24, 2.45) is 0 Å². The predicted molar refractivity (Wildman–Crippen MR) is 179 cm³/mol. The van der Waals surface area contributed by atoms with E-state index in [0.29, 0.717) is 17.2 Å². The zero-order chi connectivity index (χ0) is 29.8. The fourth-order valence-electron chi connectivity index (χ4n) is 6.19. The summed E-state index contributed by atoms with van der Waals surface area (Å²) in [4.78, 5) is 0. The fraction of sp³-hybridized carbons (Fsp3) is 0.351. The minimum atomic E-state index is -1.74. The monoisotopic (exact) mass is 585 g/mol. The van der Waals surface area contributed by atoms with Crippen LogP contribution in [0.15, 0.2) is 91.0 Å². The largest absolute Gasteiger partial charge is 0.492 e. The first-order valence-electron chi connectivity index (χ1n) is 15.0. The van der Waals surface area contributed by atoms with Gasteiger partial charge in [-0.3, -0.25) is 0 Å².